The fraction of sp³-hybridized carbons (Fsp3) is 0.571. The predicted molar refractivity (Wildman–Crippen MR) is 501 cm³/mol. The molecule has 2 aliphatic carbocycles. The maximum Gasteiger partial charge on any atom is 0.494 e. The van der Waals surface area contributed by atoms with Gasteiger partial charge in [0.2, 0.25) is 23.6 Å². The molecule has 0 bridgehead atoms. The van der Waals surface area contributed by atoms with Crippen molar-refractivity contribution in [1.29, 1.82) is 0 Å². The van der Waals surface area contributed by atoms with Gasteiger partial charge in [-0.2, -0.15) is 10.2 Å². The molecule has 5 saturated heterocycles. The molecular weight excluding hydrogens is 1690 g/mol. The van der Waals surface area contributed by atoms with Crippen LogP contribution in [0.5, 0.6) is 11.5 Å². The number of likely N-dealkylation sites (tertiary alicyclic amines) is 2. The standard InChI is InChI=1S/C46H61N7O6.C29H37BrN6O4.C23H36BNO4/c1-7-38-36(40(50-34-16-22-58-23-17-34)37-29-49-53(8-2)41(37)51-38)28-48-43(55)46(18-19-46)42(54)47-27-32-12-13-39(57-6)35(26-32)33-11-9-10-31(25-33)24-30-14-20-52(21-15-30)44(56)59-45(3,4)5;1-4-23-20(25(34-19-8-12-40-13-9-19)21-17-33-36(5-2)26(21)35-23)16-32-28(38)29(10-11-29)27(37)31-15-18-6-7-24(39-3)22(30)14-18;1-21(2,3)27-20(26)25-13-11-17(12-14-25)15-18-9-8-10-19(16-18)24-28-22(4,5)23(6,7)29-24/h9-13,25-26,29-30,34H,7-8,14-24,27-28H2,1-6H3,(H,47,54)(H,48,55)(H,50,51);6-7,14,17,19H,4-5,8-13,15-16H2,1-3H3,(H,31,37)(H,32,38)(H,34,35);8-10,16-17H,11-15H2,1-7H3. The summed E-state index contributed by atoms with van der Waals surface area (Å²) in [5, 5.41) is 30.8. The Bertz CT molecular complexity index is 5220. The highest BCUT2D eigenvalue weighted by atomic mass is 79.9. The Morgan fingerprint density at radius 1 is 0.500 bits per heavy atom. The van der Waals surface area contributed by atoms with Gasteiger partial charge in [-0.25, -0.2) is 28.9 Å². The van der Waals surface area contributed by atoms with E-state index in [0.29, 0.717) is 89.8 Å². The van der Waals surface area contributed by atoms with E-state index in [4.69, 9.17) is 47.7 Å². The number of halogens is 1. The van der Waals surface area contributed by atoms with Crippen molar-refractivity contribution >= 4 is 97.8 Å². The molecule has 0 spiro atoms. The number of carbonyl (C=O) groups excluding carboxylic acids is 6. The number of rotatable bonds is 28. The second-order valence-electron chi connectivity index (χ2n) is 38.2. The van der Waals surface area contributed by atoms with E-state index in [1.165, 1.54) is 11.1 Å². The van der Waals surface area contributed by atoms with Gasteiger partial charge < -0.3 is 79.4 Å². The monoisotopic (exact) mass is 1820 g/mol. The maximum atomic E-state index is 13.9. The van der Waals surface area contributed by atoms with Crippen LogP contribution in [0.4, 0.5) is 21.0 Å². The number of hydrogen-bond donors (Lipinski definition) is 6. The van der Waals surface area contributed by atoms with Crippen molar-refractivity contribution in [3.8, 4) is 22.6 Å². The fourth-order valence-corrected chi connectivity index (χ4v) is 18.1. The number of ether oxygens (including phenoxy) is 6. The van der Waals surface area contributed by atoms with Gasteiger partial charge in [-0.3, -0.25) is 19.2 Å². The Hall–Kier alpha value is -9.88. The number of anilines is 2. The third kappa shape index (κ3) is 23.3. The van der Waals surface area contributed by atoms with Gasteiger partial charge >= 0.3 is 19.3 Å². The van der Waals surface area contributed by atoms with Crippen LogP contribution in [0.1, 0.15) is 219 Å². The Morgan fingerprint density at radius 2 is 0.906 bits per heavy atom. The zero-order valence-electron chi connectivity index (χ0n) is 78.0. The second kappa shape index (κ2) is 41.5. The molecule has 128 heavy (non-hydrogen) atoms. The number of hydrogen-bond acceptors (Lipinski definition) is 20. The number of pyridine rings is 2. The van der Waals surface area contributed by atoms with E-state index >= 15 is 0 Å². The van der Waals surface area contributed by atoms with Crippen LogP contribution in [-0.2, 0) is 112 Å². The molecule has 5 aliphatic heterocycles. The number of aromatic nitrogens is 6. The lowest BCUT2D eigenvalue weighted by Gasteiger charge is -2.33. The van der Waals surface area contributed by atoms with Crippen molar-refractivity contribution in [3.05, 3.63) is 147 Å². The fourth-order valence-electron chi connectivity index (χ4n) is 17.5. The number of amides is 6. The van der Waals surface area contributed by atoms with Gasteiger partial charge in [0.1, 0.15) is 33.5 Å². The molecule has 0 unspecified atom stereocenters. The summed E-state index contributed by atoms with van der Waals surface area (Å²) in [6.45, 7) is 36.3. The van der Waals surface area contributed by atoms with Gasteiger partial charge in [-0.1, -0.05) is 74.5 Å². The van der Waals surface area contributed by atoms with Gasteiger partial charge in [-0.15, -0.1) is 0 Å². The third-order valence-electron chi connectivity index (χ3n) is 26.1. The van der Waals surface area contributed by atoms with E-state index in [-0.39, 0.29) is 85.9 Å². The van der Waals surface area contributed by atoms with Gasteiger partial charge in [-0.05, 0) is 271 Å². The highest BCUT2D eigenvalue weighted by Crippen LogP contribution is 2.48. The highest BCUT2D eigenvalue weighted by molar-refractivity contribution is 9.10. The summed E-state index contributed by atoms with van der Waals surface area (Å²) in [7, 11) is 2.95. The van der Waals surface area contributed by atoms with Gasteiger partial charge in [0.05, 0.1) is 64.4 Å². The molecule has 7 fully saturated rings. The molecule has 6 amide bonds. The summed E-state index contributed by atoms with van der Waals surface area (Å²) < 4.78 is 50.3. The molecule has 8 aromatic rings. The lowest BCUT2D eigenvalue weighted by Crippen LogP contribution is -2.42. The predicted octanol–water partition coefficient (Wildman–Crippen LogP) is 15.4. The quantitative estimate of drug-likeness (QED) is 0.0196. The molecule has 9 heterocycles. The molecule has 30 heteroatoms. The van der Waals surface area contributed by atoms with Crippen LogP contribution in [0, 0.1) is 22.7 Å². The largest absolute Gasteiger partial charge is 0.496 e. The molecule has 4 aromatic carbocycles. The summed E-state index contributed by atoms with van der Waals surface area (Å²) in [6.07, 6.45) is 16.1. The number of nitrogens with one attached hydrogen (secondary N) is 6. The summed E-state index contributed by atoms with van der Waals surface area (Å²) in [5.74, 6) is 1.49. The summed E-state index contributed by atoms with van der Waals surface area (Å²) in [4.78, 5) is 92.7. The first-order chi connectivity index (χ1) is 61.2. The number of carbonyl (C=O) groups is 6. The summed E-state index contributed by atoms with van der Waals surface area (Å²) in [6, 6.07) is 29.2. The van der Waals surface area contributed by atoms with Crippen LogP contribution in [0.3, 0.4) is 0 Å². The Labute approximate surface area is 763 Å². The number of methoxy groups -OCH3 is 2. The zero-order valence-corrected chi connectivity index (χ0v) is 79.6. The van der Waals surface area contributed by atoms with Gasteiger partial charge in [0, 0.05) is 132 Å². The third-order valence-corrected chi connectivity index (χ3v) is 26.7. The second-order valence-corrected chi connectivity index (χ2v) is 39.0. The Kier molecular flexibility index (Phi) is 31.0. The van der Waals surface area contributed by atoms with Crippen LogP contribution < -0.4 is 46.8 Å². The zero-order chi connectivity index (χ0) is 91.5. The van der Waals surface area contributed by atoms with Crippen molar-refractivity contribution in [2.24, 2.45) is 22.7 Å². The molecule has 7 aliphatic rings. The minimum atomic E-state index is -1.10. The van der Waals surface area contributed by atoms with Crippen LogP contribution in [0.15, 0.2) is 102 Å². The SMILES string of the molecule is CC(C)(C)OC(=O)N1CCC(Cc2cccc(B3OC(C)(C)C(C)(C)O3)c2)CC1.CCc1nc2c(cnn2CC)c(NC2CCOCC2)c1CNC(=O)C1(C(=O)NCc2ccc(OC)c(-c3cccc(CC4CCN(C(=O)OC(C)(C)C)CC4)c3)c2)CC1.CCc1nc2c(cnn2CC)c(NC2CCOCC2)c1CNC(=O)C1(C(=O)NCc2ccc(OC)c(Br)c2)CC1. The van der Waals surface area contributed by atoms with Crippen molar-refractivity contribution < 1.29 is 66.5 Å². The van der Waals surface area contributed by atoms with Crippen LogP contribution in [0.2, 0.25) is 0 Å². The molecule has 690 valence electrons. The first-order valence-electron chi connectivity index (χ1n) is 46.2. The molecule has 0 atom stereocenters. The van der Waals surface area contributed by atoms with Crippen molar-refractivity contribution in [2.45, 2.75) is 273 Å². The molecule has 28 nitrogen and oxygen atoms in total. The maximum absolute atomic E-state index is 13.9. The van der Waals surface area contributed by atoms with Crippen LogP contribution in [-0.4, -0.2) is 184 Å². The number of aryl methyl sites for hydroxylation is 4. The number of benzene rings is 4. The minimum Gasteiger partial charge on any atom is -0.496 e. The van der Waals surface area contributed by atoms with Crippen LogP contribution >= 0.6 is 15.9 Å². The summed E-state index contributed by atoms with van der Waals surface area (Å²) >= 11 is 3.48. The molecular formula is C98H134BBrN14O14. The van der Waals surface area contributed by atoms with Gasteiger partial charge in [0.15, 0.2) is 11.3 Å². The number of piperidine rings is 2. The number of nitrogens with zero attached hydrogens (tertiary/aromatic N) is 8. The lowest BCUT2D eigenvalue weighted by molar-refractivity contribution is -0.138. The smallest absolute Gasteiger partial charge is 0.494 e. The molecule has 6 N–H and O–H groups in total. The van der Waals surface area contributed by atoms with E-state index in [2.05, 4.69) is 161 Å². The van der Waals surface area contributed by atoms with E-state index < -0.39 is 22.0 Å². The van der Waals surface area contributed by atoms with Crippen molar-refractivity contribution in [2.75, 3.05) is 77.5 Å². The van der Waals surface area contributed by atoms with E-state index in [0.717, 1.165) is 197 Å². The topological polar surface area (TPSA) is 316 Å². The van der Waals surface area contributed by atoms with Gasteiger partial charge in [0.25, 0.3) is 0 Å². The highest BCUT2D eigenvalue weighted by Gasteiger charge is 2.58. The summed E-state index contributed by atoms with van der Waals surface area (Å²) in [5.41, 5.74) is 10.9. The first kappa shape index (κ1) is 95.7. The van der Waals surface area contributed by atoms with Crippen molar-refractivity contribution in [3.63, 3.8) is 0 Å². The van der Waals surface area contributed by atoms with Crippen molar-refractivity contribution in [1.82, 2.24) is 60.6 Å². The Morgan fingerprint density at radius 3 is 1.30 bits per heavy atom. The average molecular weight is 1820 g/mol. The normalized spacial score (nSPS) is 18.0. The number of fused-ring (bicyclic) bond motifs is 2. The molecule has 15 rings (SSSR count). The van der Waals surface area contributed by atoms with Crippen LogP contribution in [0.25, 0.3) is 33.2 Å². The minimum absolute atomic E-state index is 0.196. The van der Waals surface area contributed by atoms with E-state index in [1.54, 1.807) is 14.2 Å². The first-order valence-corrected chi connectivity index (χ1v) is 47.0. The molecule has 0 radical (unpaired) electrons. The Balaban J connectivity index is 0.000000176. The average Bonchev–Trinajstić information content (AvgIpc) is 1.61. The molecule has 2 saturated carbocycles. The van der Waals surface area contributed by atoms with E-state index in [1.807, 2.05) is 110 Å². The molecule has 4 aromatic heterocycles. The van der Waals surface area contributed by atoms with E-state index in [9.17, 15) is 28.8 Å². The lowest BCUT2D eigenvalue weighted by atomic mass is 9.77.